The highest BCUT2D eigenvalue weighted by Gasteiger charge is 2.49. The maximum absolute atomic E-state index is 13.1. The van der Waals surface area contributed by atoms with E-state index in [1.54, 1.807) is 24.3 Å². The van der Waals surface area contributed by atoms with Gasteiger partial charge in [0.1, 0.15) is 11.9 Å². The zero-order valence-electron chi connectivity index (χ0n) is 11.5. The van der Waals surface area contributed by atoms with Crippen LogP contribution < -0.4 is 10.1 Å². The summed E-state index contributed by atoms with van der Waals surface area (Å²) in [6.07, 6.45) is -2.31. The fourth-order valence-electron chi connectivity index (χ4n) is 1.57. The van der Waals surface area contributed by atoms with Crippen molar-refractivity contribution in [2.45, 2.75) is 31.5 Å². The molecular weight excluding hydrogens is 308 g/mol. The normalized spacial score (nSPS) is 14.0. The number of aliphatic carboxylic acids is 1. The molecule has 0 saturated carbocycles. The fraction of sp³-hybridized carbons (Fsp3) is 0.462. The minimum Gasteiger partial charge on any atom is -0.497 e. The third kappa shape index (κ3) is 5.11. The van der Waals surface area contributed by atoms with Gasteiger partial charge in [-0.1, -0.05) is 12.1 Å². The van der Waals surface area contributed by atoms with Gasteiger partial charge >= 0.3 is 11.9 Å². The Balaban J connectivity index is 0.00000400. The number of benzene rings is 1. The maximum Gasteiger partial charge on any atom is 0.377 e. The van der Waals surface area contributed by atoms with Crippen molar-refractivity contribution in [1.29, 1.82) is 0 Å². The number of carboxylic acids is 1. The molecule has 120 valence electrons. The number of alkyl halides is 2. The molecule has 0 bridgehead atoms. The van der Waals surface area contributed by atoms with Crippen molar-refractivity contribution in [2.24, 2.45) is 0 Å². The largest absolute Gasteiger partial charge is 0.497 e. The van der Waals surface area contributed by atoms with E-state index in [9.17, 15) is 18.7 Å². The molecule has 1 aromatic rings. The summed E-state index contributed by atoms with van der Waals surface area (Å²) >= 11 is 0. The fourth-order valence-corrected chi connectivity index (χ4v) is 1.57. The van der Waals surface area contributed by atoms with Crippen molar-refractivity contribution in [3.63, 3.8) is 0 Å². The number of hydrogen-bond donors (Lipinski definition) is 3. The van der Waals surface area contributed by atoms with E-state index in [1.807, 2.05) is 0 Å². The van der Waals surface area contributed by atoms with E-state index in [0.717, 1.165) is 5.56 Å². The van der Waals surface area contributed by atoms with Crippen molar-refractivity contribution in [3.8, 4) is 5.75 Å². The summed E-state index contributed by atoms with van der Waals surface area (Å²) in [5.41, 5.74) is 0.795. The second-order valence-corrected chi connectivity index (χ2v) is 4.39. The molecule has 5 nitrogen and oxygen atoms in total. The lowest BCUT2D eigenvalue weighted by Gasteiger charge is -2.25. The van der Waals surface area contributed by atoms with Gasteiger partial charge in [-0.2, -0.15) is 8.78 Å². The summed E-state index contributed by atoms with van der Waals surface area (Å²) in [4.78, 5) is 10.4. The lowest BCUT2D eigenvalue weighted by atomic mass is 10.1. The summed E-state index contributed by atoms with van der Waals surface area (Å²) < 4.78 is 31.2. The van der Waals surface area contributed by atoms with Crippen LogP contribution in [0.15, 0.2) is 24.3 Å². The SMILES string of the molecule is COc1ccc(CNC(C)C(O)C(F)(F)C(=O)O)cc1.Cl. The van der Waals surface area contributed by atoms with Crippen molar-refractivity contribution < 1.29 is 28.5 Å². The van der Waals surface area contributed by atoms with Gasteiger partial charge in [0.2, 0.25) is 0 Å². The van der Waals surface area contributed by atoms with Gasteiger partial charge in [-0.25, -0.2) is 4.79 Å². The summed E-state index contributed by atoms with van der Waals surface area (Å²) in [5, 5.41) is 20.4. The monoisotopic (exact) mass is 325 g/mol. The molecule has 2 atom stereocenters. The third-order valence-corrected chi connectivity index (χ3v) is 2.92. The molecule has 0 spiro atoms. The molecule has 1 aromatic carbocycles. The first-order valence-electron chi connectivity index (χ1n) is 5.94. The maximum atomic E-state index is 13.1. The molecule has 2 unspecified atom stereocenters. The molecule has 0 aliphatic heterocycles. The molecule has 0 amide bonds. The van der Waals surface area contributed by atoms with Gasteiger partial charge in [0.15, 0.2) is 0 Å². The number of hydrogen-bond acceptors (Lipinski definition) is 4. The molecule has 3 N–H and O–H groups in total. The predicted octanol–water partition coefficient (Wildman–Crippen LogP) is 1.68. The standard InChI is InChI=1S/C13H17F2NO4.ClH/c1-8(11(17)13(14,15)12(18)19)16-7-9-3-5-10(20-2)6-4-9;/h3-6,8,11,16-17H,7H2,1-2H3,(H,18,19);1H. The summed E-state index contributed by atoms with van der Waals surface area (Å²) in [5.74, 6) is -5.87. The van der Waals surface area contributed by atoms with Crippen molar-refractivity contribution >= 4 is 18.4 Å². The van der Waals surface area contributed by atoms with Gasteiger partial charge in [0, 0.05) is 12.6 Å². The highest BCUT2D eigenvalue weighted by atomic mass is 35.5. The van der Waals surface area contributed by atoms with Crippen LogP contribution in [-0.2, 0) is 11.3 Å². The van der Waals surface area contributed by atoms with E-state index >= 15 is 0 Å². The molecule has 0 saturated heterocycles. The summed E-state index contributed by atoms with van der Waals surface area (Å²) in [7, 11) is 1.53. The van der Waals surface area contributed by atoms with Gasteiger partial charge in [0.25, 0.3) is 0 Å². The van der Waals surface area contributed by atoms with E-state index in [1.165, 1.54) is 14.0 Å². The molecule has 21 heavy (non-hydrogen) atoms. The smallest absolute Gasteiger partial charge is 0.377 e. The molecular formula is C13H18ClF2NO4. The zero-order chi connectivity index (χ0) is 15.3. The number of ether oxygens (including phenoxy) is 1. The lowest BCUT2D eigenvalue weighted by Crippen LogP contribution is -2.51. The van der Waals surface area contributed by atoms with Gasteiger partial charge in [-0.3, -0.25) is 0 Å². The van der Waals surface area contributed by atoms with E-state index in [0.29, 0.717) is 5.75 Å². The van der Waals surface area contributed by atoms with Crippen LogP contribution in [0.3, 0.4) is 0 Å². The number of carbonyl (C=O) groups is 1. The number of rotatable bonds is 7. The summed E-state index contributed by atoms with van der Waals surface area (Å²) in [6, 6.07) is 5.82. The van der Waals surface area contributed by atoms with Crippen molar-refractivity contribution in [1.82, 2.24) is 5.32 Å². The van der Waals surface area contributed by atoms with Crippen LogP contribution in [0.4, 0.5) is 8.78 Å². The Morgan fingerprint density at radius 2 is 1.90 bits per heavy atom. The minimum absolute atomic E-state index is 0. The molecule has 8 heteroatoms. The molecule has 0 radical (unpaired) electrons. The molecule has 0 aliphatic carbocycles. The van der Waals surface area contributed by atoms with Crippen LogP contribution in [0.1, 0.15) is 12.5 Å². The van der Waals surface area contributed by atoms with Gasteiger partial charge in [-0.15, -0.1) is 12.4 Å². The number of nitrogens with one attached hydrogen (secondary N) is 1. The predicted molar refractivity (Wildman–Crippen MR) is 75.1 cm³/mol. The topological polar surface area (TPSA) is 78.8 Å². The average molecular weight is 326 g/mol. The molecule has 0 aromatic heterocycles. The van der Waals surface area contributed by atoms with Crippen LogP contribution in [0, 0.1) is 0 Å². The first-order valence-corrected chi connectivity index (χ1v) is 5.94. The van der Waals surface area contributed by atoms with Gasteiger partial charge < -0.3 is 20.3 Å². The first kappa shape index (κ1) is 19.6. The Kier molecular flexibility index (Phi) is 7.56. The quantitative estimate of drug-likeness (QED) is 0.711. The number of carboxylic acid groups (broad SMARTS) is 1. The van der Waals surface area contributed by atoms with Gasteiger partial charge in [0.05, 0.1) is 7.11 Å². The van der Waals surface area contributed by atoms with E-state index < -0.39 is 24.0 Å². The average Bonchev–Trinajstić information content (AvgIpc) is 2.44. The third-order valence-electron chi connectivity index (χ3n) is 2.92. The Morgan fingerprint density at radius 3 is 2.33 bits per heavy atom. The lowest BCUT2D eigenvalue weighted by molar-refractivity contribution is -0.184. The van der Waals surface area contributed by atoms with E-state index in [4.69, 9.17) is 9.84 Å². The van der Waals surface area contributed by atoms with Crippen molar-refractivity contribution in [2.75, 3.05) is 7.11 Å². The Labute approximate surface area is 127 Å². The second-order valence-electron chi connectivity index (χ2n) is 4.39. The van der Waals surface area contributed by atoms with Gasteiger partial charge in [-0.05, 0) is 24.6 Å². The summed E-state index contributed by atoms with van der Waals surface area (Å²) in [6.45, 7) is 1.52. The van der Waals surface area contributed by atoms with Crippen LogP contribution in [0.5, 0.6) is 5.75 Å². The number of methoxy groups -OCH3 is 1. The van der Waals surface area contributed by atoms with E-state index in [-0.39, 0.29) is 19.0 Å². The number of aliphatic hydroxyl groups is 1. The van der Waals surface area contributed by atoms with Crippen LogP contribution in [0.2, 0.25) is 0 Å². The Bertz CT molecular complexity index is 456. The van der Waals surface area contributed by atoms with E-state index in [2.05, 4.69) is 5.32 Å². The minimum atomic E-state index is -4.19. The van der Waals surface area contributed by atoms with Crippen LogP contribution in [0.25, 0.3) is 0 Å². The van der Waals surface area contributed by atoms with Crippen LogP contribution >= 0.6 is 12.4 Å². The second kappa shape index (κ2) is 8.11. The zero-order valence-corrected chi connectivity index (χ0v) is 12.4. The Hall–Kier alpha value is -1.44. The van der Waals surface area contributed by atoms with Crippen molar-refractivity contribution in [3.05, 3.63) is 29.8 Å². The number of aliphatic hydroxyl groups excluding tert-OH is 1. The Morgan fingerprint density at radius 1 is 1.38 bits per heavy atom. The number of halogens is 3. The van der Waals surface area contributed by atoms with Crippen LogP contribution in [-0.4, -0.2) is 41.4 Å². The molecule has 0 aliphatic rings. The molecule has 0 heterocycles. The highest BCUT2D eigenvalue weighted by molar-refractivity contribution is 5.85. The molecule has 1 rings (SSSR count). The highest BCUT2D eigenvalue weighted by Crippen LogP contribution is 2.21. The first-order chi connectivity index (χ1) is 9.28. The molecule has 0 fully saturated rings.